The normalized spacial score (nSPS) is 12.6. The molecule has 0 aromatic heterocycles. The van der Waals surface area contributed by atoms with Crippen LogP contribution in [0.1, 0.15) is 33.3 Å². The third-order valence-electron chi connectivity index (χ3n) is 3.22. The lowest BCUT2D eigenvalue weighted by Gasteiger charge is -2.19. The Morgan fingerprint density at radius 3 is 2.14 bits per heavy atom. The summed E-state index contributed by atoms with van der Waals surface area (Å²) in [5, 5.41) is 3.35. The Labute approximate surface area is 129 Å². The van der Waals surface area contributed by atoms with Gasteiger partial charge in [0.25, 0.3) is 0 Å². The highest BCUT2D eigenvalue weighted by molar-refractivity contribution is 7.89. The van der Waals surface area contributed by atoms with Crippen LogP contribution >= 0.6 is 0 Å². The first-order valence-electron chi connectivity index (χ1n) is 7.52. The van der Waals surface area contributed by atoms with Crippen LogP contribution in [-0.2, 0) is 16.4 Å². The molecule has 4 nitrogen and oxygen atoms in total. The van der Waals surface area contributed by atoms with Gasteiger partial charge in [-0.05, 0) is 36.6 Å². The van der Waals surface area contributed by atoms with Gasteiger partial charge in [0.05, 0.1) is 4.90 Å². The van der Waals surface area contributed by atoms with Crippen LogP contribution in [-0.4, -0.2) is 38.9 Å². The van der Waals surface area contributed by atoms with Crippen LogP contribution in [0.3, 0.4) is 0 Å². The lowest BCUT2D eigenvalue weighted by Crippen LogP contribution is -2.30. The second kappa shape index (κ2) is 7.92. The van der Waals surface area contributed by atoms with E-state index in [9.17, 15) is 8.42 Å². The SMILES string of the molecule is CC(C)CN(C)S(=O)(=O)c1ccc(CCNC(C)C)cc1. The van der Waals surface area contributed by atoms with Crippen LogP contribution in [0.4, 0.5) is 0 Å². The number of hydrogen-bond donors (Lipinski definition) is 1. The zero-order valence-electron chi connectivity index (χ0n) is 13.8. The molecule has 1 N–H and O–H groups in total. The second-order valence-electron chi connectivity index (χ2n) is 6.18. The molecule has 0 saturated carbocycles. The molecule has 0 aliphatic carbocycles. The van der Waals surface area contributed by atoms with E-state index < -0.39 is 10.0 Å². The Morgan fingerprint density at radius 2 is 1.67 bits per heavy atom. The van der Waals surface area contributed by atoms with Crippen molar-refractivity contribution in [3.8, 4) is 0 Å². The standard InChI is InChI=1S/C16H28N2O2S/c1-13(2)12-18(5)21(19,20)16-8-6-15(7-9-16)10-11-17-14(3)4/h6-9,13-14,17H,10-12H2,1-5H3. The zero-order valence-corrected chi connectivity index (χ0v) is 14.6. The van der Waals surface area contributed by atoms with E-state index >= 15 is 0 Å². The lowest BCUT2D eigenvalue weighted by molar-refractivity contribution is 0.417. The first-order chi connectivity index (χ1) is 9.73. The number of benzene rings is 1. The summed E-state index contributed by atoms with van der Waals surface area (Å²) in [5.74, 6) is 0.311. The van der Waals surface area contributed by atoms with Gasteiger partial charge in [-0.15, -0.1) is 0 Å². The van der Waals surface area contributed by atoms with E-state index in [1.807, 2.05) is 26.0 Å². The molecule has 0 atom stereocenters. The van der Waals surface area contributed by atoms with Crippen LogP contribution in [0.15, 0.2) is 29.2 Å². The number of nitrogens with zero attached hydrogens (tertiary/aromatic N) is 1. The molecule has 0 aliphatic rings. The fourth-order valence-corrected chi connectivity index (χ4v) is 3.46. The maximum absolute atomic E-state index is 12.4. The molecule has 0 amide bonds. The summed E-state index contributed by atoms with van der Waals surface area (Å²) in [6.07, 6.45) is 0.903. The number of sulfonamides is 1. The predicted molar refractivity (Wildman–Crippen MR) is 87.9 cm³/mol. The molecule has 0 unspecified atom stereocenters. The Kier molecular flexibility index (Phi) is 6.84. The second-order valence-corrected chi connectivity index (χ2v) is 8.23. The smallest absolute Gasteiger partial charge is 0.242 e. The fourth-order valence-electron chi connectivity index (χ4n) is 2.13. The molecule has 5 heteroatoms. The number of rotatable bonds is 8. The average Bonchev–Trinajstić information content (AvgIpc) is 2.38. The topological polar surface area (TPSA) is 49.4 Å². The first kappa shape index (κ1) is 18.1. The summed E-state index contributed by atoms with van der Waals surface area (Å²) in [6, 6.07) is 7.68. The molecule has 1 aromatic rings. The largest absolute Gasteiger partial charge is 0.314 e. The third-order valence-corrected chi connectivity index (χ3v) is 5.06. The van der Waals surface area contributed by atoms with Gasteiger partial charge >= 0.3 is 0 Å². The molecule has 0 bridgehead atoms. The van der Waals surface area contributed by atoms with E-state index in [2.05, 4.69) is 19.2 Å². The Bertz CT molecular complexity index is 522. The molecule has 0 fully saturated rings. The Hall–Kier alpha value is -0.910. The Morgan fingerprint density at radius 1 is 1.10 bits per heavy atom. The summed E-state index contributed by atoms with van der Waals surface area (Å²) in [6.45, 7) is 9.67. The molecule has 0 aliphatic heterocycles. The molecule has 1 rings (SSSR count). The first-order valence-corrected chi connectivity index (χ1v) is 8.96. The van der Waals surface area contributed by atoms with E-state index in [-0.39, 0.29) is 0 Å². The van der Waals surface area contributed by atoms with Crippen molar-refractivity contribution >= 4 is 10.0 Å². The predicted octanol–water partition coefficient (Wildman–Crippen LogP) is 2.50. The van der Waals surface area contributed by atoms with Gasteiger partial charge in [-0.1, -0.05) is 39.8 Å². The van der Waals surface area contributed by atoms with E-state index in [1.165, 1.54) is 4.31 Å². The monoisotopic (exact) mass is 312 g/mol. The van der Waals surface area contributed by atoms with Gasteiger partial charge < -0.3 is 5.32 Å². The van der Waals surface area contributed by atoms with Crippen molar-refractivity contribution in [1.82, 2.24) is 9.62 Å². The van der Waals surface area contributed by atoms with Crippen LogP contribution in [0, 0.1) is 5.92 Å². The van der Waals surface area contributed by atoms with Gasteiger partial charge in [-0.25, -0.2) is 12.7 Å². The molecule has 21 heavy (non-hydrogen) atoms. The van der Waals surface area contributed by atoms with Crippen molar-refractivity contribution in [2.24, 2.45) is 5.92 Å². The zero-order chi connectivity index (χ0) is 16.0. The summed E-state index contributed by atoms with van der Waals surface area (Å²) >= 11 is 0. The van der Waals surface area contributed by atoms with E-state index in [0.717, 1.165) is 18.5 Å². The van der Waals surface area contributed by atoms with Crippen molar-refractivity contribution in [2.75, 3.05) is 20.1 Å². The minimum atomic E-state index is -3.37. The molecule has 1 aromatic carbocycles. The van der Waals surface area contributed by atoms with Crippen LogP contribution in [0.25, 0.3) is 0 Å². The summed E-state index contributed by atoms with van der Waals surface area (Å²) in [4.78, 5) is 0.367. The number of nitrogens with one attached hydrogen (secondary N) is 1. The highest BCUT2D eigenvalue weighted by atomic mass is 32.2. The van der Waals surface area contributed by atoms with Crippen LogP contribution in [0.2, 0.25) is 0 Å². The average molecular weight is 312 g/mol. The van der Waals surface area contributed by atoms with Crippen molar-refractivity contribution in [1.29, 1.82) is 0 Å². The fraction of sp³-hybridized carbons (Fsp3) is 0.625. The minimum Gasteiger partial charge on any atom is -0.314 e. The minimum absolute atomic E-state index is 0.311. The summed E-state index contributed by atoms with van der Waals surface area (Å²) in [7, 11) is -1.73. The Balaban J connectivity index is 2.72. The van der Waals surface area contributed by atoms with Crippen molar-refractivity contribution < 1.29 is 8.42 Å². The maximum Gasteiger partial charge on any atom is 0.242 e. The highest BCUT2D eigenvalue weighted by Crippen LogP contribution is 2.16. The van der Waals surface area contributed by atoms with E-state index in [4.69, 9.17) is 0 Å². The van der Waals surface area contributed by atoms with Crippen LogP contribution in [0.5, 0.6) is 0 Å². The van der Waals surface area contributed by atoms with Crippen molar-refractivity contribution in [3.63, 3.8) is 0 Å². The molecule has 0 saturated heterocycles. The molecule has 0 heterocycles. The lowest BCUT2D eigenvalue weighted by atomic mass is 10.1. The molecular formula is C16H28N2O2S. The van der Waals surface area contributed by atoms with Crippen molar-refractivity contribution in [2.45, 2.75) is 45.1 Å². The van der Waals surface area contributed by atoms with Gasteiger partial charge in [-0.2, -0.15) is 0 Å². The van der Waals surface area contributed by atoms with Gasteiger partial charge in [0.1, 0.15) is 0 Å². The van der Waals surface area contributed by atoms with Gasteiger partial charge in [0.2, 0.25) is 10.0 Å². The van der Waals surface area contributed by atoms with Crippen LogP contribution < -0.4 is 5.32 Å². The molecular weight excluding hydrogens is 284 g/mol. The molecule has 120 valence electrons. The summed E-state index contributed by atoms with van der Waals surface area (Å²) < 4.78 is 26.2. The van der Waals surface area contributed by atoms with E-state index in [0.29, 0.717) is 23.4 Å². The highest BCUT2D eigenvalue weighted by Gasteiger charge is 2.21. The van der Waals surface area contributed by atoms with Gasteiger partial charge in [0.15, 0.2) is 0 Å². The third kappa shape index (κ3) is 5.77. The summed E-state index contributed by atoms with van der Waals surface area (Å²) in [5.41, 5.74) is 1.15. The van der Waals surface area contributed by atoms with E-state index in [1.54, 1.807) is 19.2 Å². The molecule has 0 spiro atoms. The number of hydrogen-bond acceptors (Lipinski definition) is 3. The van der Waals surface area contributed by atoms with Crippen molar-refractivity contribution in [3.05, 3.63) is 29.8 Å². The van der Waals surface area contributed by atoms with Gasteiger partial charge in [-0.3, -0.25) is 0 Å². The molecule has 0 radical (unpaired) electrons. The van der Waals surface area contributed by atoms with Gasteiger partial charge in [0, 0.05) is 19.6 Å². The quantitative estimate of drug-likeness (QED) is 0.802. The maximum atomic E-state index is 12.4.